The van der Waals surface area contributed by atoms with Crippen molar-refractivity contribution in [2.24, 2.45) is 5.92 Å². The average Bonchev–Trinajstić information content (AvgIpc) is 2.36. The highest BCUT2D eigenvalue weighted by molar-refractivity contribution is 6.58. The monoisotopic (exact) mass is 183 g/mol. The normalized spacial score (nSPS) is 24.8. The molecule has 0 aliphatic carbocycles. The third-order valence-corrected chi connectivity index (χ3v) is 1.68. The number of hydrogen-bond acceptors (Lipinski definition) is 2. The van der Waals surface area contributed by atoms with Crippen LogP contribution in [0.2, 0.25) is 0 Å². The fraction of sp³-hybridized carbons (Fsp3) is 1.00. The van der Waals surface area contributed by atoms with Crippen molar-refractivity contribution >= 4 is 6.98 Å². The molecular weight excluding hydrogens is 172 g/mol. The summed E-state index contributed by atoms with van der Waals surface area (Å²) in [7, 11) is 0. The highest BCUT2D eigenvalue weighted by Crippen LogP contribution is 2.14. The smallest absolute Gasteiger partial charge is 0.447 e. The molecule has 0 saturated carbocycles. The van der Waals surface area contributed by atoms with Gasteiger partial charge >= 0.3 is 6.98 Å². The van der Waals surface area contributed by atoms with E-state index in [1.54, 1.807) is 0 Å². The van der Waals surface area contributed by atoms with Gasteiger partial charge < -0.3 is 22.4 Å². The van der Waals surface area contributed by atoms with Crippen LogP contribution in [0.15, 0.2) is 0 Å². The van der Waals surface area contributed by atoms with Crippen molar-refractivity contribution < 1.29 is 22.4 Å². The second-order valence-corrected chi connectivity index (χ2v) is 2.98. The molecule has 0 aromatic rings. The molecule has 0 radical (unpaired) electrons. The molecule has 0 spiro atoms. The van der Waals surface area contributed by atoms with Gasteiger partial charge in [0.15, 0.2) is 0 Å². The van der Waals surface area contributed by atoms with Crippen molar-refractivity contribution in [2.75, 3.05) is 26.3 Å². The summed E-state index contributed by atoms with van der Waals surface area (Å²) in [6.07, 6.45) is 0.810. The Bertz CT molecular complexity index is 133. The van der Waals surface area contributed by atoms with Gasteiger partial charge in [-0.3, -0.25) is 0 Å². The fourth-order valence-electron chi connectivity index (χ4n) is 1.08. The van der Waals surface area contributed by atoms with Crippen LogP contribution >= 0.6 is 0 Å². The third-order valence-electron chi connectivity index (χ3n) is 1.68. The van der Waals surface area contributed by atoms with E-state index in [2.05, 4.69) is 4.74 Å². The van der Waals surface area contributed by atoms with E-state index < -0.39 is 13.5 Å². The zero-order valence-corrected chi connectivity index (χ0v) is 6.64. The Hall–Kier alpha value is -0.225. The van der Waals surface area contributed by atoms with Gasteiger partial charge in [0.25, 0.3) is 0 Å². The summed E-state index contributed by atoms with van der Waals surface area (Å²) in [5.74, 6) is 0.156. The summed E-state index contributed by atoms with van der Waals surface area (Å²) in [4.78, 5) is 0. The van der Waals surface area contributed by atoms with Gasteiger partial charge in [-0.15, -0.1) is 0 Å². The van der Waals surface area contributed by atoms with Crippen molar-refractivity contribution in [3.63, 3.8) is 0 Å². The Morgan fingerprint density at radius 3 is 2.67 bits per heavy atom. The molecule has 2 nitrogen and oxygen atoms in total. The minimum absolute atomic E-state index is 0.156. The molecule has 1 heterocycles. The molecule has 0 aromatic heterocycles. The largest absolute Gasteiger partial charge is 0.503 e. The van der Waals surface area contributed by atoms with Gasteiger partial charge in [0, 0.05) is 25.6 Å². The molecule has 1 rings (SSSR count). The molecule has 6 heteroatoms. The topological polar surface area (TPSA) is 18.5 Å². The minimum Gasteiger partial charge on any atom is -0.447 e. The van der Waals surface area contributed by atoms with Crippen LogP contribution in [0.5, 0.6) is 0 Å². The number of rotatable bonds is 4. The lowest BCUT2D eigenvalue weighted by molar-refractivity contribution is 0.102. The quantitative estimate of drug-likeness (QED) is 0.613. The maximum absolute atomic E-state index is 11.6. The minimum atomic E-state index is -4.79. The van der Waals surface area contributed by atoms with Crippen molar-refractivity contribution in [3.8, 4) is 0 Å². The number of halogens is 3. The van der Waals surface area contributed by atoms with E-state index in [1.165, 1.54) is 0 Å². The molecule has 0 N–H and O–H groups in total. The summed E-state index contributed by atoms with van der Waals surface area (Å²) >= 11 is 0. The maximum atomic E-state index is 11.6. The first-order valence-corrected chi connectivity index (χ1v) is 3.94. The molecular formula is C6H11BF3O2-. The molecule has 1 aliphatic rings. The summed E-state index contributed by atoms with van der Waals surface area (Å²) < 4.78 is 44.4. The Labute approximate surface area is 69.1 Å². The van der Waals surface area contributed by atoms with Crippen LogP contribution in [0, 0.1) is 5.92 Å². The molecule has 72 valence electrons. The Kier molecular flexibility index (Phi) is 3.40. The summed E-state index contributed by atoms with van der Waals surface area (Å²) in [5, 5.41) is 0. The molecule has 0 bridgehead atoms. The molecule has 1 fully saturated rings. The number of hydrogen-bond donors (Lipinski definition) is 0. The van der Waals surface area contributed by atoms with Gasteiger partial charge in [-0.05, 0) is 6.42 Å². The van der Waals surface area contributed by atoms with Gasteiger partial charge in [-0.1, -0.05) is 0 Å². The van der Waals surface area contributed by atoms with E-state index >= 15 is 0 Å². The fourth-order valence-corrected chi connectivity index (χ4v) is 1.08. The molecule has 1 aliphatic heterocycles. The first kappa shape index (κ1) is 9.86. The van der Waals surface area contributed by atoms with E-state index in [0.717, 1.165) is 6.42 Å². The molecule has 1 unspecified atom stereocenters. The second-order valence-electron chi connectivity index (χ2n) is 2.98. The predicted molar refractivity (Wildman–Crippen MR) is 38.8 cm³/mol. The molecule has 12 heavy (non-hydrogen) atoms. The van der Waals surface area contributed by atoms with E-state index in [9.17, 15) is 12.9 Å². The molecule has 1 saturated heterocycles. The zero-order chi connectivity index (χ0) is 9.03. The summed E-state index contributed by atoms with van der Waals surface area (Å²) in [6.45, 7) is -4.53. The van der Waals surface area contributed by atoms with E-state index in [-0.39, 0.29) is 12.5 Å². The van der Waals surface area contributed by atoms with Crippen LogP contribution in [-0.2, 0) is 9.47 Å². The first-order valence-electron chi connectivity index (χ1n) is 3.94. The van der Waals surface area contributed by atoms with Crippen molar-refractivity contribution in [1.29, 1.82) is 0 Å². The lowest BCUT2D eigenvalue weighted by Crippen LogP contribution is -2.26. The average molecular weight is 183 g/mol. The first-order chi connectivity index (χ1) is 5.58. The van der Waals surface area contributed by atoms with Crippen LogP contribution in [-0.4, -0.2) is 33.3 Å². The number of ether oxygens (including phenoxy) is 2. The van der Waals surface area contributed by atoms with Crippen LogP contribution in [0.4, 0.5) is 12.9 Å². The van der Waals surface area contributed by atoms with E-state index in [1.807, 2.05) is 0 Å². The molecule has 1 atom stereocenters. The van der Waals surface area contributed by atoms with E-state index in [4.69, 9.17) is 4.74 Å². The van der Waals surface area contributed by atoms with Gasteiger partial charge in [-0.25, -0.2) is 0 Å². The summed E-state index contributed by atoms with van der Waals surface area (Å²) in [5.41, 5.74) is 0. The Morgan fingerprint density at radius 2 is 2.17 bits per heavy atom. The van der Waals surface area contributed by atoms with Crippen LogP contribution in [0.25, 0.3) is 0 Å². The van der Waals surface area contributed by atoms with Gasteiger partial charge in [0.05, 0.1) is 6.61 Å². The zero-order valence-electron chi connectivity index (χ0n) is 6.64. The van der Waals surface area contributed by atoms with Crippen LogP contribution in [0.3, 0.4) is 0 Å². The molecule has 0 amide bonds. The predicted octanol–water partition coefficient (Wildman–Crippen LogP) is 1.43. The third kappa shape index (κ3) is 3.97. The SMILES string of the molecule is F[B-](F)(F)COCC1CCOC1. The van der Waals surface area contributed by atoms with Crippen LogP contribution in [0.1, 0.15) is 6.42 Å². The van der Waals surface area contributed by atoms with Crippen LogP contribution < -0.4 is 0 Å². The highest BCUT2D eigenvalue weighted by atomic mass is 19.4. The lowest BCUT2D eigenvalue weighted by atomic mass is 9.95. The maximum Gasteiger partial charge on any atom is 0.503 e. The summed E-state index contributed by atoms with van der Waals surface area (Å²) in [6, 6.07) is 0. The van der Waals surface area contributed by atoms with Crippen molar-refractivity contribution in [2.45, 2.75) is 6.42 Å². The Morgan fingerprint density at radius 1 is 1.42 bits per heavy atom. The van der Waals surface area contributed by atoms with Gasteiger partial charge in [-0.2, -0.15) is 0 Å². The lowest BCUT2D eigenvalue weighted by Gasteiger charge is -2.15. The van der Waals surface area contributed by atoms with Crippen molar-refractivity contribution in [3.05, 3.63) is 0 Å². The highest BCUT2D eigenvalue weighted by Gasteiger charge is 2.24. The van der Waals surface area contributed by atoms with Gasteiger partial charge in [0.2, 0.25) is 0 Å². The Balaban J connectivity index is 2.02. The standard InChI is InChI=1S/C6H11BF3O2/c8-7(9,10)5-12-4-6-1-2-11-3-6/h6H,1-5H2/q-1. The van der Waals surface area contributed by atoms with Gasteiger partial charge in [0.1, 0.15) is 0 Å². The molecule has 0 aromatic carbocycles. The van der Waals surface area contributed by atoms with E-state index in [0.29, 0.717) is 13.2 Å². The van der Waals surface area contributed by atoms with Crippen molar-refractivity contribution in [1.82, 2.24) is 0 Å². The second kappa shape index (κ2) is 4.14.